The number of aliphatic imine (C=N–C) groups is 1. The normalized spacial score (nSPS) is 17.8. The van der Waals surface area contributed by atoms with Crippen molar-refractivity contribution in [3.63, 3.8) is 0 Å². The summed E-state index contributed by atoms with van der Waals surface area (Å²) in [7, 11) is 1.63. The quantitative estimate of drug-likeness (QED) is 0.103. The van der Waals surface area contributed by atoms with Crippen LogP contribution in [-0.4, -0.2) is 79.7 Å². The lowest BCUT2D eigenvalue weighted by Crippen LogP contribution is -2.35. The fourth-order valence-corrected chi connectivity index (χ4v) is 4.95. The molecule has 0 unspecified atom stereocenters. The number of rotatable bonds is 14. The van der Waals surface area contributed by atoms with Gasteiger partial charge in [-0.15, -0.1) is 0 Å². The van der Waals surface area contributed by atoms with E-state index in [0.717, 1.165) is 60.2 Å². The first-order valence-corrected chi connectivity index (χ1v) is 13.3. The lowest BCUT2D eigenvalue weighted by molar-refractivity contribution is -0.126. The molecule has 39 heavy (non-hydrogen) atoms. The number of methoxy groups -OCH3 is 1. The van der Waals surface area contributed by atoms with Crippen molar-refractivity contribution in [3.8, 4) is 17.1 Å². The number of nitrogens with one attached hydrogen (secondary N) is 4. The second kappa shape index (κ2) is 13.9. The number of aromatic nitrogens is 3. The number of hydrogen-bond donors (Lipinski definition) is 6. The Bertz CT molecular complexity index is 1280. The first kappa shape index (κ1) is 28.3. The lowest BCUT2D eigenvalue weighted by atomic mass is 9.81. The summed E-state index contributed by atoms with van der Waals surface area (Å²) in [5, 5.41) is 11.3. The third-order valence-electron chi connectivity index (χ3n) is 6.94. The third-order valence-corrected chi connectivity index (χ3v) is 6.94. The van der Waals surface area contributed by atoms with E-state index in [0.29, 0.717) is 50.9 Å². The van der Waals surface area contributed by atoms with E-state index in [2.05, 4.69) is 20.3 Å². The van der Waals surface area contributed by atoms with E-state index in [1.54, 1.807) is 7.11 Å². The highest BCUT2D eigenvalue weighted by molar-refractivity contribution is 6.04. The molecule has 4 rings (SSSR count). The SMILES string of the molecule is COc1cccc2cc(-c3nc([C@H]4CC[C@H](C(=O)NCCOCCOCCN)CC4)[nH]c3/C(N)=N\C=N)[nH]c12. The van der Waals surface area contributed by atoms with Gasteiger partial charge in [-0.3, -0.25) is 10.2 Å². The number of H-pyrrole nitrogens is 2. The van der Waals surface area contributed by atoms with Crippen LogP contribution in [0.2, 0.25) is 0 Å². The standard InChI is InChI=1S/C27H38N8O4/c1-37-21-4-2-3-19-15-20(33-22(19)21)23-24(25(30)32-16-29)35-26(34-23)17-5-7-18(8-6-17)27(36)31-10-12-39-14-13-38-11-9-28/h2-4,15-18,33H,5-14,28H2,1H3,(H,31,36)(H,34,35)(H3,29,30,32)/t17-,18-. The number of carbonyl (C=O) groups is 1. The smallest absolute Gasteiger partial charge is 0.223 e. The Morgan fingerprint density at radius 1 is 1.18 bits per heavy atom. The van der Waals surface area contributed by atoms with E-state index >= 15 is 0 Å². The van der Waals surface area contributed by atoms with Crippen LogP contribution in [0.4, 0.5) is 0 Å². The first-order chi connectivity index (χ1) is 19.0. The van der Waals surface area contributed by atoms with Gasteiger partial charge in [0.2, 0.25) is 5.91 Å². The largest absolute Gasteiger partial charge is 0.495 e. The van der Waals surface area contributed by atoms with E-state index in [1.807, 2.05) is 24.3 Å². The van der Waals surface area contributed by atoms with Crippen LogP contribution in [0.15, 0.2) is 29.3 Å². The van der Waals surface area contributed by atoms with E-state index in [-0.39, 0.29) is 23.6 Å². The Morgan fingerprint density at radius 2 is 1.95 bits per heavy atom. The average Bonchev–Trinajstić information content (AvgIpc) is 3.59. The molecule has 2 heterocycles. The van der Waals surface area contributed by atoms with E-state index in [9.17, 15) is 4.79 Å². The maximum Gasteiger partial charge on any atom is 0.223 e. The molecule has 1 aliphatic rings. The Morgan fingerprint density at radius 3 is 2.67 bits per heavy atom. The molecule has 1 amide bonds. The number of amidine groups is 1. The van der Waals surface area contributed by atoms with Crippen molar-refractivity contribution in [3.05, 3.63) is 35.8 Å². The second-order valence-corrected chi connectivity index (χ2v) is 9.45. The Kier molecular flexibility index (Phi) is 10.1. The molecular formula is C27H38N8O4. The van der Waals surface area contributed by atoms with Crippen molar-refractivity contribution in [2.45, 2.75) is 31.6 Å². The molecule has 1 aliphatic carbocycles. The van der Waals surface area contributed by atoms with Gasteiger partial charge in [-0.2, -0.15) is 0 Å². The van der Waals surface area contributed by atoms with Crippen molar-refractivity contribution in [2.24, 2.45) is 22.4 Å². The molecule has 210 valence electrons. The number of imidazole rings is 1. The fraction of sp³-hybridized carbons (Fsp3) is 0.481. The van der Waals surface area contributed by atoms with Crippen LogP contribution < -0.4 is 21.5 Å². The first-order valence-electron chi connectivity index (χ1n) is 13.3. The summed E-state index contributed by atoms with van der Waals surface area (Å²) in [6.45, 7) is 2.92. The summed E-state index contributed by atoms with van der Waals surface area (Å²) in [5.74, 6) is 1.91. The van der Waals surface area contributed by atoms with Gasteiger partial charge in [0.1, 0.15) is 29.3 Å². The van der Waals surface area contributed by atoms with E-state index < -0.39 is 0 Å². The topological polar surface area (TPSA) is 190 Å². The van der Waals surface area contributed by atoms with Crippen molar-refractivity contribution >= 4 is 29.0 Å². The molecule has 0 aliphatic heterocycles. The summed E-state index contributed by atoms with van der Waals surface area (Å²) in [6, 6.07) is 7.82. The molecule has 12 heteroatoms. The van der Waals surface area contributed by atoms with Gasteiger partial charge in [-0.1, -0.05) is 12.1 Å². The Hall–Kier alpha value is -3.74. The van der Waals surface area contributed by atoms with Crippen LogP contribution in [0, 0.1) is 11.3 Å². The molecule has 0 bridgehead atoms. The maximum atomic E-state index is 12.7. The van der Waals surface area contributed by atoms with Crippen molar-refractivity contribution in [1.29, 1.82) is 5.41 Å². The summed E-state index contributed by atoms with van der Waals surface area (Å²) in [5.41, 5.74) is 14.4. The summed E-state index contributed by atoms with van der Waals surface area (Å²) < 4.78 is 16.2. The molecular weight excluding hydrogens is 500 g/mol. The third kappa shape index (κ3) is 7.02. The highest BCUT2D eigenvalue weighted by Crippen LogP contribution is 2.37. The van der Waals surface area contributed by atoms with Crippen molar-refractivity contribution in [1.82, 2.24) is 20.3 Å². The zero-order valence-electron chi connectivity index (χ0n) is 22.3. The van der Waals surface area contributed by atoms with Crippen molar-refractivity contribution in [2.75, 3.05) is 46.6 Å². The highest BCUT2D eigenvalue weighted by Gasteiger charge is 2.30. The van der Waals surface area contributed by atoms with Crippen molar-refractivity contribution < 1.29 is 19.0 Å². The molecule has 2 aromatic heterocycles. The number of amides is 1. The predicted molar refractivity (Wildman–Crippen MR) is 150 cm³/mol. The minimum absolute atomic E-state index is 0.0336. The molecule has 1 aromatic carbocycles. The number of fused-ring (bicyclic) bond motifs is 1. The number of para-hydroxylation sites is 1. The van der Waals surface area contributed by atoms with Gasteiger partial charge in [-0.25, -0.2) is 9.98 Å². The molecule has 3 aromatic rings. The number of hydrogen-bond acceptors (Lipinski definition) is 7. The van der Waals surface area contributed by atoms with Crippen LogP contribution in [0.25, 0.3) is 22.3 Å². The van der Waals surface area contributed by atoms with Crippen LogP contribution in [0.5, 0.6) is 5.75 Å². The van der Waals surface area contributed by atoms with Crippen LogP contribution in [-0.2, 0) is 14.3 Å². The van der Waals surface area contributed by atoms with E-state index in [1.165, 1.54) is 0 Å². The van der Waals surface area contributed by atoms with E-state index in [4.69, 9.17) is 36.1 Å². The monoisotopic (exact) mass is 538 g/mol. The van der Waals surface area contributed by atoms with Gasteiger partial charge < -0.3 is 41.0 Å². The summed E-state index contributed by atoms with van der Waals surface area (Å²) in [6.07, 6.45) is 4.09. The van der Waals surface area contributed by atoms with Crippen LogP contribution in [0.1, 0.15) is 43.1 Å². The van der Waals surface area contributed by atoms with Gasteiger partial charge in [0.25, 0.3) is 0 Å². The van der Waals surface area contributed by atoms with Crippen LogP contribution in [0.3, 0.4) is 0 Å². The zero-order valence-corrected chi connectivity index (χ0v) is 22.3. The predicted octanol–water partition coefficient (Wildman–Crippen LogP) is 2.26. The van der Waals surface area contributed by atoms with Gasteiger partial charge in [0, 0.05) is 30.3 Å². The van der Waals surface area contributed by atoms with Gasteiger partial charge in [-0.05, 0) is 37.8 Å². The van der Waals surface area contributed by atoms with Gasteiger partial charge >= 0.3 is 0 Å². The van der Waals surface area contributed by atoms with Gasteiger partial charge in [0.05, 0.1) is 44.7 Å². The van der Waals surface area contributed by atoms with Gasteiger partial charge in [0.15, 0.2) is 5.84 Å². The minimum atomic E-state index is -0.0336. The van der Waals surface area contributed by atoms with Crippen LogP contribution >= 0.6 is 0 Å². The average molecular weight is 539 g/mol. The summed E-state index contributed by atoms with van der Waals surface area (Å²) in [4.78, 5) is 28.3. The zero-order chi connectivity index (χ0) is 27.6. The fourth-order valence-electron chi connectivity index (χ4n) is 4.95. The number of aromatic amines is 2. The number of carbonyl (C=O) groups excluding carboxylic acids is 1. The Labute approximate surface area is 227 Å². The molecule has 8 N–H and O–H groups in total. The molecule has 12 nitrogen and oxygen atoms in total. The molecule has 0 atom stereocenters. The molecule has 0 radical (unpaired) electrons. The number of benzene rings is 1. The number of ether oxygens (including phenoxy) is 3. The highest BCUT2D eigenvalue weighted by atomic mass is 16.5. The molecule has 1 saturated carbocycles. The second-order valence-electron chi connectivity index (χ2n) is 9.45. The summed E-state index contributed by atoms with van der Waals surface area (Å²) >= 11 is 0. The number of nitrogens with two attached hydrogens (primary N) is 2. The number of nitrogens with zero attached hydrogens (tertiary/aromatic N) is 2. The minimum Gasteiger partial charge on any atom is -0.495 e. The molecule has 1 fully saturated rings. The lowest BCUT2D eigenvalue weighted by Gasteiger charge is -2.26. The Balaban J connectivity index is 1.38. The maximum absolute atomic E-state index is 12.7. The molecule has 0 spiro atoms. The molecule has 0 saturated heterocycles.